The molecule has 2 aromatic rings. The molecule has 0 spiro atoms. The number of hydrogen-bond acceptors (Lipinski definition) is 2. The second-order valence-corrected chi connectivity index (χ2v) is 6.17. The van der Waals surface area contributed by atoms with Crippen LogP contribution in [0, 0.1) is 5.82 Å². The van der Waals surface area contributed by atoms with Crippen LogP contribution in [0.3, 0.4) is 0 Å². The number of likely N-dealkylation sites (N-methyl/N-ethyl adjacent to an activating group) is 1. The summed E-state index contributed by atoms with van der Waals surface area (Å²) in [5.41, 5.74) is 1.41. The van der Waals surface area contributed by atoms with Gasteiger partial charge in [-0.15, -0.1) is 0 Å². The lowest BCUT2D eigenvalue weighted by atomic mass is 9.95. The molecule has 120 valence electrons. The van der Waals surface area contributed by atoms with Gasteiger partial charge in [0.25, 0.3) is 5.91 Å². The van der Waals surface area contributed by atoms with Crippen molar-refractivity contribution in [1.29, 1.82) is 0 Å². The minimum atomic E-state index is -0.323. The lowest BCUT2D eigenvalue weighted by molar-refractivity contribution is -0.108. The lowest BCUT2D eigenvalue weighted by Crippen LogP contribution is -2.31. The zero-order chi connectivity index (χ0) is 16.8. The van der Waals surface area contributed by atoms with Crippen molar-refractivity contribution in [2.24, 2.45) is 0 Å². The molecule has 0 aliphatic carbocycles. The van der Waals surface area contributed by atoms with Crippen LogP contribution in [0.5, 0.6) is 0 Å². The zero-order valence-electron chi connectivity index (χ0n) is 12.7. The highest BCUT2D eigenvalue weighted by atomic mass is 79.9. The van der Waals surface area contributed by atoms with E-state index in [1.54, 1.807) is 36.2 Å². The Morgan fingerprint density at radius 3 is 2.48 bits per heavy atom. The first-order valence-electron chi connectivity index (χ1n) is 7.22. The number of carbonyl (C=O) groups is 2. The van der Waals surface area contributed by atoms with E-state index in [-0.39, 0.29) is 24.1 Å². The van der Waals surface area contributed by atoms with Crippen LogP contribution in [0.25, 0.3) is 0 Å². The Hall–Kier alpha value is -2.01. The van der Waals surface area contributed by atoms with E-state index in [1.807, 2.05) is 12.1 Å². The highest BCUT2D eigenvalue weighted by Gasteiger charge is 2.19. The number of benzene rings is 2. The molecule has 0 bridgehead atoms. The van der Waals surface area contributed by atoms with Gasteiger partial charge in [-0.3, -0.25) is 4.79 Å². The molecular formula is C18H17BrFNO2. The van der Waals surface area contributed by atoms with Crippen LogP contribution < -0.4 is 0 Å². The number of carbonyl (C=O) groups excluding carboxylic acids is 2. The molecule has 5 heteroatoms. The van der Waals surface area contributed by atoms with Crippen LogP contribution in [0.4, 0.5) is 4.39 Å². The minimum Gasteiger partial charge on any atom is -0.341 e. The van der Waals surface area contributed by atoms with Crippen LogP contribution >= 0.6 is 15.9 Å². The van der Waals surface area contributed by atoms with Gasteiger partial charge in [0.1, 0.15) is 12.1 Å². The molecule has 1 unspecified atom stereocenters. The number of hydrogen-bond donors (Lipinski definition) is 0. The van der Waals surface area contributed by atoms with Gasteiger partial charge in [-0.25, -0.2) is 4.39 Å². The summed E-state index contributed by atoms with van der Waals surface area (Å²) in [6, 6.07) is 13.2. The highest BCUT2D eigenvalue weighted by Crippen LogP contribution is 2.23. The first-order chi connectivity index (χ1) is 11.0. The van der Waals surface area contributed by atoms with Crippen LogP contribution in [0.2, 0.25) is 0 Å². The van der Waals surface area contributed by atoms with Gasteiger partial charge in [-0.1, -0.05) is 24.3 Å². The molecule has 0 aromatic heterocycles. The molecule has 0 heterocycles. The second kappa shape index (κ2) is 8.02. The van der Waals surface area contributed by atoms with Crippen molar-refractivity contribution < 1.29 is 14.0 Å². The van der Waals surface area contributed by atoms with Crippen molar-refractivity contribution >= 4 is 28.1 Å². The van der Waals surface area contributed by atoms with Crippen molar-refractivity contribution in [2.75, 3.05) is 13.6 Å². The Morgan fingerprint density at radius 1 is 1.22 bits per heavy atom. The molecule has 23 heavy (non-hydrogen) atoms. The van der Waals surface area contributed by atoms with E-state index in [0.717, 1.165) is 16.3 Å². The third-order valence-corrected chi connectivity index (χ3v) is 4.36. The van der Waals surface area contributed by atoms with Gasteiger partial charge >= 0.3 is 0 Å². The summed E-state index contributed by atoms with van der Waals surface area (Å²) in [6.07, 6.45) is 1.10. The predicted molar refractivity (Wildman–Crippen MR) is 90.9 cm³/mol. The Bertz CT molecular complexity index is 688. The first-order valence-corrected chi connectivity index (χ1v) is 8.01. The number of halogens is 2. The smallest absolute Gasteiger partial charge is 0.254 e. The SMILES string of the molecule is CN(CC(CC=O)c1ccc(F)cc1)C(=O)c1ccccc1Br. The van der Waals surface area contributed by atoms with Crippen LogP contribution in [-0.2, 0) is 4.79 Å². The fourth-order valence-electron chi connectivity index (χ4n) is 2.42. The first kappa shape index (κ1) is 17.3. The summed E-state index contributed by atoms with van der Waals surface area (Å²) in [5, 5.41) is 0. The van der Waals surface area contributed by atoms with E-state index >= 15 is 0 Å². The number of amides is 1. The summed E-state index contributed by atoms with van der Waals surface area (Å²) in [4.78, 5) is 25.1. The minimum absolute atomic E-state index is 0.129. The molecule has 0 N–H and O–H groups in total. The molecule has 0 fully saturated rings. The van der Waals surface area contributed by atoms with Crippen LogP contribution in [0.1, 0.15) is 28.3 Å². The van der Waals surface area contributed by atoms with Crippen molar-refractivity contribution in [3.05, 3.63) is 69.9 Å². The zero-order valence-corrected chi connectivity index (χ0v) is 14.3. The third kappa shape index (κ3) is 4.48. The van der Waals surface area contributed by atoms with Crippen molar-refractivity contribution in [1.82, 2.24) is 4.90 Å². The molecule has 1 amide bonds. The molecule has 2 rings (SSSR count). The fraction of sp³-hybridized carbons (Fsp3) is 0.222. The van der Waals surface area contributed by atoms with Gasteiger partial charge in [0.15, 0.2) is 0 Å². The maximum atomic E-state index is 13.1. The van der Waals surface area contributed by atoms with Crippen LogP contribution in [-0.4, -0.2) is 30.7 Å². The van der Waals surface area contributed by atoms with Crippen molar-refractivity contribution in [2.45, 2.75) is 12.3 Å². The number of rotatable bonds is 6. The number of nitrogens with zero attached hydrogens (tertiary/aromatic N) is 1. The van der Waals surface area contributed by atoms with Gasteiger partial charge < -0.3 is 9.69 Å². The van der Waals surface area contributed by atoms with Crippen molar-refractivity contribution in [3.8, 4) is 0 Å². The number of aldehydes is 1. The van der Waals surface area contributed by atoms with E-state index < -0.39 is 0 Å². The average molecular weight is 378 g/mol. The van der Waals surface area contributed by atoms with E-state index in [9.17, 15) is 14.0 Å². The Labute approximate surface area is 143 Å². The molecule has 2 aromatic carbocycles. The van der Waals surface area contributed by atoms with Crippen molar-refractivity contribution in [3.63, 3.8) is 0 Å². The monoisotopic (exact) mass is 377 g/mol. The van der Waals surface area contributed by atoms with E-state index in [4.69, 9.17) is 0 Å². The van der Waals surface area contributed by atoms with E-state index in [2.05, 4.69) is 15.9 Å². The quantitative estimate of drug-likeness (QED) is 0.712. The van der Waals surface area contributed by atoms with E-state index in [0.29, 0.717) is 12.1 Å². The average Bonchev–Trinajstić information content (AvgIpc) is 2.55. The van der Waals surface area contributed by atoms with Gasteiger partial charge in [0, 0.05) is 30.4 Å². The van der Waals surface area contributed by atoms with Gasteiger partial charge in [0.05, 0.1) is 5.56 Å². The maximum absolute atomic E-state index is 13.1. The summed E-state index contributed by atoms with van der Waals surface area (Å²) in [5.74, 6) is -0.615. The molecule has 0 saturated heterocycles. The summed E-state index contributed by atoms with van der Waals surface area (Å²) in [6.45, 7) is 0.380. The molecule has 1 atom stereocenters. The predicted octanol–water partition coefficient (Wildman–Crippen LogP) is 4.03. The molecule has 0 aliphatic rings. The van der Waals surface area contributed by atoms with Gasteiger partial charge in [-0.2, -0.15) is 0 Å². The molecule has 3 nitrogen and oxygen atoms in total. The second-order valence-electron chi connectivity index (χ2n) is 5.32. The molecule has 0 aliphatic heterocycles. The fourth-order valence-corrected chi connectivity index (χ4v) is 2.88. The Kier molecular flexibility index (Phi) is 6.04. The lowest BCUT2D eigenvalue weighted by Gasteiger charge is -2.24. The van der Waals surface area contributed by atoms with Crippen LogP contribution in [0.15, 0.2) is 53.0 Å². The standard InChI is InChI=1S/C18H17BrFNO2/c1-21(18(23)16-4-2-3-5-17(16)19)12-14(10-11-22)13-6-8-15(20)9-7-13/h2-9,11,14H,10,12H2,1H3. The normalized spacial score (nSPS) is 11.8. The molecule has 0 radical (unpaired) electrons. The Balaban J connectivity index is 2.16. The largest absolute Gasteiger partial charge is 0.341 e. The summed E-state index contributed by atoms with van der Waals surface area (Å²) >= 11 is 3.37. The van der Waals surface area contributed by atoms with E-state index in [1.165, 1.54) is 12.1 Å². The molecular weight excluding hydrogens is 361 g/mol. The highest BCUT2D eigenvalue weighted by molar-refractivity contribution is 9.10. The Morgan fingerprint density at radius 2 is 1.87 bits per heavy atom. The maximum Gasteiger partial charge on any atom is 0.254 e. The topological polar surface area (TPSA) is 37.4 Å². The summed E-state index contributed by atoms with van der Waals surface area (Å²) < 4.78 is 13.8. The van der Waals surface area contributed by atoms with Gasteiger partial charge in [0.2, 0.25) is 0 Å². The van der Waals surface area contributed by atoms with Gasteiger partial charge in [-0.05, 0) is 45.8 Å². The summed E-state index contributed by atoms with van der Waals surface area (Å²) in [7, 11) is 1.70. The molecule has 0 saturated carbocycles. The third-order valence-electron chi connectivity index (χ3n) is 3.67.